The number of carbonyl (C=O) groups excluding carboxylic acids is 2. The summed E-state index contributed by atoms with van der Waals surface area (Å²) in [5.41, 5.74) is 0.419. The van der Waals surface area contributed by atoms with Crippen molar-refractivity contribution in [2.75, 3.05) is 29.9 Å². The van der Waals surface area contributed by atoms with Crippen LogP contribution in [-0.2, 0) is 9.53 Å². The van der Waals surface area contributed by atoms with Crippen LogP contribution in [0, 0.1) is 10.1 Å². The van der Waals surface area contributed by atoms with Crippen molar-refractivity contribution in [3.8, 4) is 0 Å². The van der Waals surface area contributed by atoms with Crippen molar-refractivity contribution in [2.45, 2.75) is 26.1 Å². The van der Waals surface area contributed by atoms with Crippen molar-refractivity contribution >= 4 is 29.0 Å². The first-order chi connectivity index (χ1) is 14.3. The first kappa shape index (κ1) is 21.2. The Bertz CT molecular complexity index is 923. The number of hydrogen-bond acceptors (Lipinski definition) is 7. The Morgan fingerprint density at radius 1 is 1.23 bits per heavy atom. The average molecular weight is 413 g/mol. The quantitative estimate of drug-likeness (QED) is 0.547. The van der Waals surface area contributed by atoms with E-state index in [4.69, 9.17) is 4.74 Å². The summed E-state index contributed by atoms with van der Waals surface area (Å²) in [6.45, 7) is 5.24. The standard InChI is InChI=1S/C20H23N5O5/c1-13-11-24(12-14(2)30-13)18-7-6-16(9-21-18)23-19(26)10-22-20(27)15-4-3-5-17(8-15)25(28)29/h3-9,13-14H,10-12H2,1-2H3,(H,22,27)(H,23,26). The predicted octanol–water partition coefficient (Wildman–Crippen LogP) is 1.97. The minimum atomic E-state index is -0.585. The molecule has 1 fully saturated rings. The monoisotopic (exact) mass is 413 g/mol. The highest BCUT2D eigenvalue weighted by Gasteiger charge is 2.23. The van der Waals surface area contributed by atoms with Gasteiger partial charge in [0, 0.05) is 30.8 Å². The fourth-order valence-corrected chi connectivity index (χ4v) is 3.24. The van der Waals surface area contributed by atoms with Crippen LogP contribution in [0.25, 0.3) is 0 Å². The normalized spacial score (nSPS) is 18.5. The highest BCUT2D eigenvalue weighted by Crippen LogP contribution is 2.19. The topological polar surface area (TPSA) is 127 Å². The smallest absolute Gasteiger partial charge is 0.270 e. The molecule has 2 atom stereocenters. The lowest BCUT2D eigenvalue weighted by Crippen LogP contribution is -2.45. The number of nitrogens with one attached hydrogen (secondary N) is 2. The molecule has 2 amide bonds. The molecular formula is C20H23N5O5. The van der Waals surface area contributed by atoms with E-state index in [9.17, 15) is 19.7 Å². The molecule has 10 heteroatoms. The highest BCUT2D eigenvalue weighted by molar-refractivity contribution is 5.99. The summed E-state index contributed by atoms with van der Waals surface area (Å²) in [7, 11) is 0. The van der Waals surface area contributed by atoms with Gasteiger partial charge >= 0.3 is 0 Å². The maximum atomic E-state index is 12.1. The molecule has 1 aromatic heterocycles. The number of rotatable bonds is 6. The van der Waals surface area contributed by atoms with Gasteiger partial charge in [0.05, 0.1) is 35.6 Å². The highest BCUT2D eigenvalue weighted by atomic mass is 16.6. The Morgan fingerprint density at radius 2 is 1.97 bits per heavy atom. The van der Waals surface area contributed by atoms with Crippen LogP contribution >= 0.6 is 0 Å². The summed E-state index contributed by atoms with van der Waals surface area (Å²) in [4.78, 5) is 41.0. The second kappa shape index (κ2) is 9.31. The Labute approximate surface area is 173 Å². The number of non-ortho nitro benzene ring substituents is 1. The van der Waals surface area contributed by atoms with Gasteiger partial charge in [-0.2, -0.15) is 0 Å². The molecule has 1 aliphatic rings. The van der Waals surface area contributed by atoms with Gasteiger partial charge in [0.15, 0.2) is 0 Å². The number of nitro benzene ring substituents is 1. The summed E-state index contributed by atoms with van der Waals surface area (Å²) in [6, 6.07) is 8.86. The van der Waals surface area contributed by atoms with Crippen LogP contribution in [0.3, 0.4) is 0 Å². The van der Waals surface area contributed by atoms with Crippen molar-refractivity contribution in [1.82, 2.24) is 10.3 Å². The van der Waals surface area contributed by atoms with E-state index in [2.05, 4.69) is 20.5 Å². The molecule has 3 rings (SSSR count). The lowest BCUT2D eigenvalue weighted by molar-refractivity contribution is -0.384. The third-order valence-corrected chi connectivity index (χ3v) is 4.50. The largest absolute Gasteiger partial charge is 0.372 e. The Hall–Kier alpha value is -3.53. The van der Waals surface area contributed by atoms with Crippen LogP contribution in [0.5, 0.6) is 0 Å². The Kier molecular flexibility index (Phi) is 6.58. The summed E-state index contributed by atoms with van der Waals surface area (Å²) in [5, 5.41) is 15.9. The van der Waals surface area contributed by atoms with Crippen LogP contribution < -0.4 is 15.5 Å². The molecule has 2 heterocycles. The van der Waals surface area contributed by atoms with Gasteiger partial charge < -0.3 is 20.3 Å². The van der Waals surface area contributed by atoms with E-state index in [1.54, 1.807) is 12.3 Å². The van der Waals surface area contributed by atoms with Crippen LogP contribution in [0.1, 0.15) is 24.2 Å². The Balaban J connectivity index is 1.52. The zero-order valence-corrected chi connectivity index (χ0v) is 16.7. The second-order valence-electron chi connectivity index (χ2n) is 7.11. The molecule has 0 saturated carbocycles. The number of hydrogen-bond donors (Lipinski definition) is 2. The van der Waals surface area contributed by atoms with E-state index in [1.807, 2.05) is 19.9 Å². The molecule has 0 aliphatic carbocycles. The number of benzene rings is 1. The zero-order valence-electron chi connectivity index (χ0n) is 16.7. The van der Waals surface area contributed by atoms with E-state index >= 15 is 0 Å². The van der Waals surface area contributed by atoms with Gasteiger partial charge in [0.25, 0.3) is 11.6 Å². The zero-order chi connectivity index (χ0) is 21.7. The molecule has 0 radical (unpaired) electrons. The van der Waals surface area contributed by atoms with E-state index in [1.165, 1.54) is 18.2 Å². The number of aromatic nitrogens is 1. The summed E-state index contributed by atoms with van der Waals surface area (Å²) in [5.74, 6) is -0.205. The fourth-order valence-electron chi connectivity index (χ4n) is 3.24. The van der Waals surface area contributed by atoms with Crippen molar-refractivity contribution < 1.29 is 19.2 Å². The molecular weight excluding hydrogens is 390 g/mol. The molecule has 1 aromatic carbocycles. The third-order valence-electron chi connectivity index (χ3n) is 4.50. The van der Waals surface area contributed by atoms with Crippen LogP contribution in [0.15, 0.2) is 42.6 Å². The van der Waals surface area contributed by atoms with Crippen LogP contribution in [0.4, 0.5) is 17.2 Å². The van der Waals surface area contributed by atoms with Crippen molar-refractivity contribution in [3.63, 3.8) is 0 Å². The van der Waals surface area contributed by atoms with Gasteiger partial charge in [-0.15, -0.1) is 0 Å². The number of amides is 2. The minimum Gasteiger partial charge on any atom is -0.372 e. The van der Waals surface area contributed by atoms with Gasteiger partial charge in [-0.1, -0.05) is 6.07 Å². The van der Waals surface area contributed by atoms with E-state index in [-0.39, 0.29) is 30.0 Å². The predicted molar refractivity (Wildman–Crippen MR) is 111 cm³/mol. The molecule has 1 saturated heterocycles. The molecule has 2 aromatic rings. The number of ether oxygens (including phenoxy) is 1. The summed E-state index contributed by atoms with van der Waals surface area (Å²) < 4.78 is 5.72. The lowest BCUT2D eigenvalue weighted by atomic mass is 10.2. The summed E-state index contributed by atoms with van der Waals surface area (Å²) in [6.07, 6.45) is 1.79. The number of carbonyl (C=O) groups is 2. The number of nitrogens with zero attached hydrogens (tertiary/aromatic N) is 3. The van der Waals surface area contributed by atoms with Gasteiger partial charge in [0.1, 0.15) is 5.82 Å². The van der Waals surface area contributed by atoms with E-state index in [0.717, 1.165) is 25.0 Å². The van der Waals surface area contributed by atoms with Crippen LogP contribution in [0.2, 0.25) is 0 Å². The Morgan fingerprint density at radius 3 is 2.60 bits per heavy atom. The molecule has 0 bridgehead atoms. The van der Waals surface area contributed by atoms with Crippen LogP contribution in [-0.4, -0.2) is 53.6 Å². The molecule has 2 unspecified atom stereocenters. The maximum absolute atomic E-state index is 12.1. The molecule has 10 nitrogen and oxygen atoms in total. The maximum Gasteiger partial charge on any atom is 0.270 e. The van der Waals surface area contributed by atoms with Crippen molar-refractivity contribution in [3.05, 3.63) is 58.3 Å². The van der Waals surface area contributed by atoms with E-state index < -0.39 is 16.7 Å². The van der Waals surface area contributed by atoms with Gasteiger partial charge in [-0.25, -0.2) is 4.98 Å². The third kappa shape index (κ3) is 5.51. The van der Waals surface area contributed by atoms with Gasteiger partial charge in [-0.05, 0) is 32.0 Å². The average Bonchev–Trinajstić information content (AvgIpc) is 2.72. The number of pyridine rings is 1. The molecule has 158 valence electrons. The molecule has 0 spiro atoms. The molecule has 2 N–H and O–H groups in total. The fraction of sp³-hybridized carbons (Fsp3) is 0.350. The van der Waals surface area contributed by atoms with Gasteiger partial charge in [0.2, 0.25) is 5.91 Å². The van der Waals surface area contributed by atoms with Crippen molar-refractivity contribution in [2.24, 2.45) is 0 Å². The lowest BCUT2D eigenvalue weighted by Gasteiger charge is -2.36. The number of morpholine rings is 1. The first-order valence-corrected chi connectivity index (χ1v) is 9.51. The number of anilines is 2. The van der Waals surface area contributed by atoms with Gasteiger partial charge in [-0.3, -0.25) is 19.7 Å². The SMILES string of the molecule is CC1CN(c2ccc(NC(=O)CNC(=O)c3cccc([N+](=O)[O-])c3)cn2)CC(C)O1. The summed E-state index contributed by atoms with van der Waals surface area (Å²) >= 11 is 0. The first-order valence-electron chi connectivity index (χ1n) is 9.51. The molecule has 30 heavy (non-hydrogen) atoms. The number of nitro groups is 1. The minimum absolute atomic E-state index is 0.108. The molecule has 1 aliphatic heterocycles. The second-order valence-corrected chi connectivity index (χ2v) is 7.11. The van der Waals surface area contributed by atoms with Crippen molar-refractivity contribution in [1.29, 1.82) is 0 Å². The van der Waals surface area contributed by atoms with E-state index in [0.29, 0.717) is 5.69 Å².